The Morgan fingerprint density at radius 2 is 2.26 bits per heavy atom. The van der Waals surface area contributed by atoms with Crippen LogP contribution in [0.5, 0.6) is 0 Å². The fraction of sp³-hybridized carbons (Fsp3) is 0.400. The normalized spacial score (nSPS) is 21.6. The van der Waals surface area contributed by atoms with E-state index in [0.717, 1.165) is 23.5 Å². The van der Waals surface area contributed by atoms with Crippen molar-refractivity contribution in [1.82, 2.24) is 10.3 Å². The van der Waals surface area contributed by atoms with Crippen molar-refractivity contribution in [2.24, 2.45) is 0 Å². The highest BCUT2D eigenvalue weighted by molar-refractivity contribution is 7.09. The van der Waals surface area contributed by atoms with E-state index in [4.69, 9.17) is 0 Å². The molecule has 0 fully saturated rings. The Morgan fingerprint density at radius 1 is 1.42 bits per heavy atom. The molecule has 3 rings (SSSR count). The number of nitrogens with zero attached hydrogens (tertiary/aromatic N) is 1. The zero-order valence-electron chi connectivity index (χ0n) is 11.0. The molecule has 0 unspecified atom stereocenters. The molecule has 0 saturated carbocycles. The lowest BCUT2D eigenvalue weighted by Crippen LogP contribution is -2.43. The molecule has 1 aliphatic carbocycles. The molecule has 0 spiro atoms. The van der Waals surface area contributed by atoms with Gasteiger partial charge in [0, 0.05) is 17.6 Å². The van der Waals surface area contributed by atoms with Crippen LogP contribution in [-0.2, 0) is 18.5 Å². The number of hydrogen-bond donors (Lipinski definition) is 2. The van der Waals surface area contributed by atoms with Crippen molar-refractivity contribution < 1.29 is 5.11 Å². The third-order valence-corrected chi connectivity index (χ3v) is 4.84. The fourth-order valence-electron chi connectivity index (χ4n) is 2.82. The summed E-state index contributed by atoms with van der Waals surface area (Å²) < 4.78 is 0. The molecular weight excluding hydrogens is 256 g/mol. The van der Waals surface area contributed by atoms with Crippen LogP contribution >= 0.6 is 11.3 Å². The number of aliphatic hydroxyl groups excluding tert-OH is 1. The monoisotopic (exact) mass is 274 g/mol. The number of aliphatic hydroxyl groups is 1. The molecule has 0 aliphatic heterocycles. The van der Waals surface area contributed by atoms with E-state index >= 15 is 0 Å². The highest BCUT2D eigenvalue weighted by atomic mass is 32.1. The largest absolute Gasteiger partial charge is 0.394 e. The Labute approximate surface area is 117 Å². The van der Waals surface area contributed by atoms with Crippen LogP contribution in [0.1, 0.15) is 28.2 Å². The van der Waals surface area contributed by atoms with Gasteiger partial charge in [0.2, 0.25) is 0 Å². The van der Waals surface area contributed by atoms with Gasteiger partial charge in [-0.3, -0.25) is 5.32 Å². The molecule has 1 aromatic heterocycles. The van der Waals surface area contributed by atoms with Crippen molar-refractivity contribution in [3.05, 3.63) is 51.5 Å². The Hall–Kier alpha value is -1.23. The molecule has 1 atom stereocenters. The lowest BCUT2D eigenvalue weighted by atomic mass is 9.93. The van der Waals surface area contributed by atoms with Gasteiger partial charge in [0.25, 0.3) is 0 Å². The Kier molecular flexibility index (Phi) is 3.39. The van der Waals surface area contributed by atoms with Crippen molar-refractivity contribution in [3.63, 3.8) is 0 Å². The topological polar surface area (TPSA) is 45.1 Å². The first-order valence-corrected chi connectivity index (χ1v) is 7.47. The molecule has 0 bridgehead atoms. The molecule has 0 radical (unpaired) electrons. The van der Waals surface area contributed by atoms with Crippen molar-refractivity contribution >= 4 is 11.3 Å². The molecule has 1 aromatic carbocycles. The molecule has 0 amide bonds. The molecule has 1 heterocycles. The third kappa shape index (κ3) is 2.31. The summed E-state index contributed by atoms with van der Waals surface area (Å²) in [6.45, 7) is 2.86. The SMILES string of the molecule is Cc1csc(CN[C@@]2(CO)CCc3ccccc32)n1. The number of fused-ring (bicyclic) bond motifs is 1. The van der Waals surface area contributed by atoms with Crippen LogP contribution in [0.25, 0.3) is 0 Å². The van der Waals surface area contributed by atoms with Gasteiger partial charge in [-0.15, -0.1) is 11.3 Å². The van der Waals surface area contributed by atoms with Gasteiger partial charge in [-0.2, -0.15) is 0 Å². The molecule has 19 heavy (non-hydrogen) atoms. The smallest absolute Gasteiger partial charge is 0.107 e. The minimum Gasteiger partial charge on any atom is -0.394 e. The van der Waals surface area contributed by atoms with Crippen LogP contribution in [0.3, 0.4) is 0 Å². The van der Waals surface area contributed by atoms with E-state index < -0.39 is 0 Å². The summed E-state index contributed by atoms with van der Waals surface area (Å²) in [5, 5.41) is 16.5. The van der Waals surface area contributed by atoms with Gasteiger partial charge in [0.15, 0.2) is 0 Å². The van der Waals surface area contributed by atoms with Gasteiger partial charge in [0.05, 0.1) is 12.1 Å². The van der Waals surface area contributed by atoms with E-state index in [1.54, 1.807) is 11.3 Å². The maximum atomic E-state index is 9.87. The first-order chi connectivity index (χ1) is 9.23. The number of aryl methyl sites for hydroxylation is 2. The maximum Gasteiger partial charge on any atom is 0.107 e. The minimum absolute atomic E-state index is 0.133. The molecule has 2 N–H and O–H groups in total. The average molecular weight is 274 g/mol. The first kappa shape index (κ1) is 12.8. The summed E-state index contributed by atoms with van der Waals surface area (Å²) >= 11 is 1.67. The zero-order chi connectivity index (χ0) is 13.3. The average Bonchev–Trinajstić information content (AvgIpc) is 3.01. The molecule has 0 saturated heterocycles. The number of rotatable bonds is 4. The van der Waals surface area contributed by atoms with Crippen molar-refractivity contribution in [3.8, 4) is 0 Å². The second-order valence-electron chi connectivity index (χ2n) is 5.13. The molecule has 100 valence electrons. The van der Waals surface area contributed by atoms with Crippen molar-refractivity contribution in [1.29, 1.82) is 0 Å². The molecule has 3 nitrogen and oxygen atoms in total. The Bertz CT molecular complexity index is 581. The van der Waals surface area contributed by atoms with Crippen LogP contribution in [0, 0.1) is 6.92 Å². The Morgan fingerprint density at radius 3 is 3.00 bits per heavy atom. The standard InChI is InChI=1S/C15H18N2OS/c1-11-9-19-14(17-11)8-16-15(10-18)7-6-12-4-2-3-5-13(12)15/h2-5,9,16,18H,6-8,10H2,1H3/t15-/m1/s1. The predicted octanol–water partition coefficient (Wildman–Crippen LogP) is 2.38. The number of nitrogens with one attached hydrogen (secondary N) is 1. The van der Waals surface area contributed by atoms with Gasteiger partial charge in [-0.25, -0.2) is 4.98 Å². The maximum absolute atomic E-state index is 9.87. The van der Waals surface area contributed by atoms with Gasteiger partial charge in [0.1, 0.15) is 5.01 Å². The van der Waals surface area contributed by atoms with Crippen LogP contribution in [-0.4, -0.2) is 16.7 Å². The van der Waals surface area contributed by atoms with E-state index in [0.29, 0.717) is 6.54 Å². The zero-order valence-corrected chi connectivity index (χ0v) is 11.8. The number of thiazole rings is 1. The second kappa shape index (κ2) is 5.04. The number of hydrogen-bond acceptors (Lipinski definition) is 4. The van der Waals surface area contributed by atoms with Gasteiger partial charge >= 0.3 is 0 Å². The van der Waals surface area contributed by atoms with Crippen LogP contribution in [0.2, 0.25) is 0 Å². The quantitative estimate of drug-likeness (QED) is 0.899. The van der Waals surface area contributed by atoms with Crippen LogP contribution < -0.4 is 5.32 Å². The van der Waals surface area contributed by atoms with Gasteiger partial charge in [-0.1, -0.05) is 24.3 Å². The molecule has 2 aromatic rings. The van der Waals surface area contributed by atoms with Gasteiger partial charge < -0.3 is 5.11 Å². The molecular formula is C15H18N2OS. The van der Waals surface area contributed by atoms with Gasteiger partial charge in [-0.05, 0) is 30.9 Å². The lowest BCUT2D eigenvalue weighted by Gasteiger charge is -2.29. The minimum atomic E-state index is -0.295. The van der Waals surface area contributed by atoms with Crippen LogP contribution in [0.4, 0.5) is 0 Å². The van der Waals surface area contributed by atoms with Crippen molar-refractivity contribution in [2.75, 3.05) is 6.61 Å². The predicted molar refractivity (Wildman–Crippen MR) is 77.2 cm³/mol. The summed E-state index contributed by atoms with van der Waals surface area (Å²) in [5.74, 6) is 0. The number of aromatic nitrogens is 1. The number of benzene rings is 1. The van der Waals surface area contributed by atoms with E-state index in [9.17, 15) is 5.11 Å². The van der Waals surface area contributed by atoms with E-state index in [1.165, 1.54) is 11.1 Å². The lowest BCUT2D eigenvalue weighted by molar-refractivity contribution is 0.159. The summed E-state index contributed by atoms with van der Waals surface area (Å²) in [4.78, 5) is 4.47. The Balaban J connectivity index is 1.81. The molecule has 1 aliphatic rings. The summed E-state index contributed by atoms with van der Waals surface area (Å²) in [5.41, 5.74) is 3.35. The second-order valence-corrected chi connectivity index (χ2v) is 6.08. The van der Waals surface area contributed by atoms with E-state index in [2.05, 4.69) is 33.9 Å². The molecule has 4 heteroatoms. The van der Waals surface area contributed by atoms with E-state index in [-0.39, 0.29) is 12.1 Å². The van der Waals surface area contributed by atoms with E-state index in [1.807, 2.05) is 13.0 Å². The highest BCUT2D eigenvalue weighted by Crippen LogP contribution is 2.36. The van der Waals surface area contributed by atoms with Crippen molar-refractivity contribution in [2.45, 2.75) is 31.8 Å². The third-order valence-electron chi connectivity index (χ3n) is 3.87. The summed E-state index contributed by atoms with van der Waals surface area (Å²) in [7, 11) is 0. The summed E-state index contributed by atoms with van der Waals surface area (Å²) in [6, 6.07) is 8.39. The summed E-state index contributed by atoms with van der Waals surface area (Å²) in [6.07, 6.45) is 1.98. The fourth-order valence-corrected chi connectivity index (χ4v) is 3.53. The van der Waals surface area contributed by atoms with Crippen LogP contribution in [0.15, 0.2) is 29.6 Å². The highest BCUT2D eigenvalue weighted by Gasteiger charge is 2.37. The first-order valence-electron chi connectivity index (χ1n) is 6.59.